The molecule has 1 saturated heterocycles. The van der Waals surface area contributed by atoms with Crippen LogP contribution in [0.5, 0.6) is 0 Å². The van der Waals surface area contributed by atoms with E-state index in [0.717, 1.165) is 52.4 Å². The first kappa shape index (κ1) is 20.4. The molecule has 176 valence electrons. The van der Waals surface area contributed by atoms with E-state index >= 15 is 0 Å². The summed E-state index contributed by atoms with van der Waals surface area (Å²) < 4.78 is 1.88. The number of fused-ring (bicyclic) bond motifs is 1. The van der Waals surface area contributed by atoms with E-state index in [-0.39, 0.29) is 0 Å². The van der Waals surface area contributed by atoms with Crippen LogP contribution in [0.15, 0.2) is 18.3 Å². The number of hydrogen-bond donors (Lipinski definition) is 1. The van der Waals surface area contributed by atoms with E-state index in [2.05, 4.69) is 44.6 Å². The topological polar surface area (TPSA) is 58.9 Å². The van der Waals surface area contributed by atoms with Crippen molar-refractivity contribution in [2.24, 2.45) is 42.1 Å². The van der Waals surface area contributed by atoms with Crippen LogP contribution in [0, 0.1) is 41.9 Å². The van der Waals surface area contributed by atoms with Crippen molar-refractivity contribution in [1.82, 2.24) is 24.9 Å². The minimum atomic E-state index is 0.537. The molecule has 0 spiro atoms. The van der Waals surface area contributed by atoms with Crippen molar-refractivity contribution < 1.29 is 0 Å². The van der Waals surface area contributed by atoms with Gasteiger partial charge in [0.15, 0.2) is 0 Å². The number of aryl methyl sites for hydroxylation is 2. The first-order valence-electron chi connectivity index (χ1n) is 13.4. The number of hydrogen-bond acceptors (Lipinski definition) is 5. The van der Waals surface area contributed by atoms with Crippen molar-refractivity contribution in [2.45, 2.75) is 64.3 Å². The fourth-order valence-corrected chi connectivity index (χ4v) is 9.26. The van der Waals surface area contributed by atoms with Crippen molar-refractivity contribution in [1.29, 1.82) is 0 Å². The lowest BCUT2D eigenvalue weighted by molar-refractivity contribution is -0.0673. The van der Waals surface area contributed by atoms with E-state index in [9.17, 15) is 0 Å². The van der Waals surface area contributed by atoms with Gasteiger partial charge in [0.1, 0.15) is 11.5 Å². The number of anilines is 1. The summed E-state index contributed by atoms with van der Waals surface area (Å²) in [6.07, 6.45) is 13.8. The van der Waals surface area contributed by atoms with Crippen LogP contribution in [0.25, 0.3) is 11.4 Å². The van der Waals surface area contributed by atoms with E-state index in [1.807, 2.05) is 17.9 Å². The van der Waals surface area contributed by atoms with Crippen LogP contribution in [0.3, 0.4) is 0 Å². The molecule has 6 nitrogen and oxygen atoms in total. The lowest BCUT2D eigenvalue weighted by Gasteiger charge is -2.57. The largest absolute Gasteiger partial charge is 0.366 e. The molecule has 3 atom stereocenters. The Hall–Kier alpha value is -1.95. The zero-order chi connectivity index (χ0) is 22.2. The molecular formula is C27H38N6. The fraction of sp³-hybridized carbons (Fsp3) is 0.741. The maximum absolute atomic E-state index is 4.54. The number of aromatic nitrogens is 4. The third kappa shape index (κ3) is 3.51. The van der Waals surface area contributed by atoms with Crippen LogP contribution >= 0.6 is 0 Å². The second-order valence-electron chi connectivity index (χ2n) is 12.5. The highest BCUT2D eigenvalue weighted by Crippen LogP contribution is 2.60. The average molecular weight is 447 g/mol. The van der Waals surface area contributed by atoms with Gasteiger partial charge in [0.2, 0.25) is 0 Å². The Balaban J connectivity index is 1.01. The van der Waals surface area contributed by atoms with Gasteiger partial charge in [-0.2, -0.15) is 5.10 Å². The second kappa shape index (κ2) is 7.53. The predicted molar refractivity (Wildman–Crippen MR) is 130 cm³/mol. The fourth-order valence-electron chi connectivity index (χ4n) is 9.26. The Labute approximate surface area is 197 Å². The van der Waals surface area contributed by atoms with Crippen LogP contribution < -0.4 is 5.32 Å². The van der Waals surface area contributed by atoms with Crippen molar-refractivity contribution in [3.05, 3.63) is 23.9 Å². The van der Waals surface area contributed by atoms with E-state index in [1.165, 1.54) is 51.7 Å². The van der Waals surface area contributed by atoms with Gasteiger partial charge < -0.3 is 10.2 Å². The Morgan fingerprint density at radius 2 is 1.76 bits per heavy atom. The Kier molecular flexibility index (Phi) is 4.66. The van der Waals surface area contributed by atoms with Gasteiger partial charge in [-0.25, -0.2) is 0 Å². The van der Waals surface area contributed by atoms with Crippen LogP contribution in [0.1, 0.15) is 56.9 Å². The van der Waals surface area contributed by atoms with Crippen LogP contribution in [0.2, 0.25) is 0 Å². The van der Waals surface area contributed by atoms with Crippen molar-refractivity contribution in [3.8, 4) is 11.4 Å². The molecule has 0 aromatic carbocycles. The maximum Gasteiger partial charge on any atom is 0.148 e. The predicted octanol–water partition coefficient (Wildman–Crippen LogP) is 4.52. The van der Waals surface area contributed by atoms with Gasteiger partial charge in [-0.3, -0.25) is 4.68 Å². The van der Waals surface area contributed by atoms with E-state index in [0.29, 0.717) is 11.5 Å². The molecule has 4 bridgehead atoms. The Morgan fingerprint density at radius 1 is 1.00 bits per heavy atom. The molecule has 8 rings (SSSR count). The van der Waals surface area contributed by atoms with Gasteiger partial charge >= 0.3 is 0 Å². The first-order valence-corrected chi connectivity index (χ1v) is 13.4. The van der Waals surface area contributed by atoms with Gasteiger partial charge in [0.25, 0.3) is 0 Å². The number of likely N-dealkylation sites (tertiary alicyclic amines) is 1. The molecule has 1 N–H and O–H groups in total. The van der Waals surface area contributed by atoms with E-state index < -0.39 is 0 Å². The van der Waals surface area contributed by atoms with Gasteiger partial charge in [-0.1, -0.05) is 0 Å². The SMILES string of the molecule is Cc1cnn(C)c1-c1ccc(NC2CCC3CN(CC45CC6CC(CC(C6)C4)C5)CC32)nn1. The molecule has 1 aliphatic heterocycles. The number of nitrogens with one attached hydrogen (secondary N) is 1. The Morgan fingerprint density at radius 3 is 2.39 bits per heavy atom. The van der Waals surface area contributed by atoms with Crippen molar-refractivity contribution in [3.63, 3.8) is 0 Å². The second-order valence-corrected chi connectivity index (χ2v) is 12.5. The first-order chi connectivity index (χ1) is 16.0. The van der Waals surface area contributed by atoms with Gasteiger partial charge in [0.05, 0.1) is 11.9 Å². The monoisotopic (exact) mass is 446 g/mol. The molecule has 6 aliphatic rings. The van der Waals surface area contributed by atoms with E-state index in [4.69, 9.17) is 0 Å². The van der Waals surface area contributed by atoms with Gasteiger partial charge in [-0.15, -0.1) is 10.2 Å². The minimum absolute atomic E-state index is 0.537. The highest BCUT2D eigenvalue weighted by Gasteiger charge is 2.52. The van der Waals surface area contributed by atoms with Crippen molar-refractivity contribution >= 4 is 5.82 Å². The standard InChI is InChI=1S/C27H38N6/c1-17-13-28-32(2)26(17)24-5-6-25(31-30-24)29-23-4-3-21-14-33(15-22(21)23)16-27-10-18-7-19(11-27)9-20(8-18)12-27/h5-6,13,18-23H,3-4,7-12,14-16H2,1-2H3,(H,29,31). The summed E-state index contributed by atoms with van der Waals surface area (Å²) in [6.45, 7) is 6.07. The summed E-state index contributed by atoms with van der Waals surface area (Å²) in [5.41, 5.74) is 3.74. The summed E-state index contributed by atoms with van der Waals surface area (Å²) >= 11 is 0. The van der Waals surface area contributed by atoms with E-state index in [1.54, 1.807) is 19.3 Å². The Bertz CT molecular complexity index is 971. The number of nitrogens with zero attached hydrogens (tertiary/aromatic N) is 5. The van der Waals surface area contributed by atoms with Crippen LogP contribution in [-0.4, -0.2) is 50.6 Å². The average Bonchev–Trinajstić information content (AvgIpc) is 3.43. The third-order valence-corrected chi connectivity index (χ3v) is 10.0. The van der Waals surface area contributed by atoms with Crippen LogP contribution in [-0.2, 0) is 7.05 Å². The third-order valence-electron chi connectivity index (χ3n) is 10.0. The summed E-state index contributed by atoms with van der Waals surface area (Å²) in [4.78, 5) is 2.87. The smallest absolute Gasteiger partial charge is 0.148 e. The molecular weight excluding hydrogens is 408 g/mol. The zero-order valence-electron chi connectivity index (χ0n) is 20.2. The molecule has 0 amide bonds. The lowest BCUT2D eigenvalue weighted by Crippen LogP contribution is -2.51. The molecule has 5 aliphatic carbocycles. The van der Waals surface area contributed by atoms with Crippen molar-refractivity contribution in [2.75, 3.05) is 25.0 Å². The summed E-state index contributed by atoms with van der Waals surface area (Å²) in [7, 11) is 1.96. The highest BCUT2D eigenvalue weighted by molar-refractivity contribution is 5.59. The highest BCUT2D eigenvalue weighted by atomic mass is 15.3. The normalized spacial score (nSPS) is 39.3. The quantitative estimate of drug-likeness (QED) is 0.732. The molecule has 0 radical (unpaired) electrons. The molecule has 3 heterocycles. The molecule has 6 heteroatoms. The molecule has 6 fully saturated rings. The maximum atomic E-state index is 4.54. The molecule has 2 aromatic heterocycles. The zero-order valence-corrected chi connectivity index (χ0v) is 20.2. The summed E-state index contributed by atoms with van der Waals surface area (Å²) in [5.74, 6) is 5.72. The summed E-state index contributed by atoms with van der Waals surface area (Å²) in [6, 6.07) is 4.72. The lowest BCUT2D eigenvalue weighted by atomic mass is 9.49. The molecule has 3 unspecified atom stereocenters. The number of rotatable bonds is 5. The molecule has 5 saturated carbocycles. The van der Waals surface area contributed by atoms with Gasteiger partial charge in [0, 0.05) is 32.7 Å². The summed E-state index contributed by atoms with van der Waals surface area (Å²) in [5, 5.41) is 17.2. The molecule has 33 heavy (non-hydrogen) atoms. The molecule has 2 aromatic rings. The minimum Gasteiger partial charge on any atom is -0.366 e. The van der Waals surface area contributed by atoms with Gasteiger partial charge in [-0.05, 0) is 111 Å². The van der Waals surface area contributed by atoms with Crippen LogP contribution in [0.4, 0.5) is 5.82 Å².